The zero-order chi connectivity index (χ0) is 25.3. The number of hydrogen-bond acceptors (Lipinski definition) is 1. The third kappa shape index (κ3) is 10.8. The van der Waals surface area contributed by atoms with Gasteiger partial charge in [0.2, 0.25) is 5.91 Å². The maximum absolute atomic E-state index is 13.2. The van der Waals surface area contributed by atoms with Gasteiger partial charge in [0, 0.05) is 5.57 Å². The molecule has 3 aliphatic rings. The Morgan fingerprint density at radius 1 is 0.528 bits per heavy atom. The quantitative estimate of drug-likeness (QED) is 0.300. The van der Waals surface area contributed by atoms with Crippen molar-refractivity contribution in [3.05, 3.63) is 46.1 Å². The van der Waals surface area contributed by atoms with E-state index in [9.17, 15) is 4.79 Å². The predicted octanol–water partition coefficient (Wildman–Crippen LogP) is 10.3. The fourth-order valence-electron chi connectivity index (χ4n) is 6.44. The minimum absolute atomic E-state index is 0.181. The van der Waals surface area contributed by atoms with Gasteiger partial charge < -0.3 is 5.73 Å². The lowest BCUT2D eigenvalue weighted by Gasteiger charge is -2.23. The third-order valence-corrected chi connectivity index (χ3v) is 8.61. The molecule has 0 aromatic heterocycles. The van der Waals surface area contributed by atoms with E-state index in [0.717, 1.165) is 50.5 Å². The number of hydrogen-bond donors (Lipinski definition) is 1. The Bertz CT molecular complexity index is 745. The molecule has 36 heavy (non-hydrogen) atoms. The van der Waals surface area contributed by atoms with Crippen molar-refractivity contribution in [1.82, 2.24) is 0 Å². The van der Waals surface area contributed by atoms with E-state index in [1.165, 1.54) is 138 Å². The predicted molar refractivity (Wildman–Crippen MR) is 156 cm³/mol. The minimum atomic E-state index is -0.181. The standard InChI is InChI=1S/C34H55NO/c35-34(36)32(28-29-22-16-10-4-1-5-11-17-23-29)33(30-24-18-12-6-2-7-13-19-25-30)31-26-20-14-8-3-9-15-21-27-31/h22,24,26H,1-21,23,25,27-28H2,(H2,35,36)/b29-22-,30-24-,31-26+,33-32?. The summed E-state index contributed by atoms with van der Waals surface area (Å²) in [7, 11) is 0. The molecule has 3 aliphatic carbocycles. The van der Waals surface area contributed by atoms with E-state index < -0.39 is 0 Å². The van der Waals surface area contributed by atoms with Crippen LogP contribution in [-0.4, -0.2) is 5.91 Å². The molecule has 0 aromatic rings. The van der Waals surface area contributed by atoms with Crippen LogP contribution in [0.3, 0.4) is 0 Å². The second-order valence-corrected chi connectivity index (χ2v) is 11.7. The topological polar surface area (TPSA) is 43.1 Å². The number of carbonyl (C=O) groups is 1. The molecule has 1 amide bonds. The average Bonchev–Trinajstić information content (AvgIpc) is 2.89. The molecule has 0 fully saturated rings. The van der Waals surface area contributed by atoms with E-state index in [0.29, 0.717) is 0 Å². The molecule has 0 heterocycles. The van der Waals surface area contributed by atoms with Gasteiger partial charge >= 0.3 is 0 Å². The van der Waals surface area contributed by atoms with Gasteiger partial charge in [0.05, 0.1) is 0 Å². The first-order valence-electron chi connectivity index (χ1n) is 15.9. The number of primary amides is 1. The van der Waals surface area contributed by atoms with Gasteiger partial charge in [-0.2, -0.15) is 0 Å². The molecule has 2 nitrogen and oxygen atoms in total. The van der Waals surface area contributed by atoms with Crippen molar-refractivity contribution in [3.63, 3.8) is 0 Å². The largest absolute Gasteiger partial charge is 0.366 e. The molecule has 3 rings (SSSR count). The van der Waals surface area contributed by atoms with Gasteiger partial charge in [0.1, 0.15) is 0 Å². The molecule has 0 spiro atoms. The molecule has 202 valence electrons. The number of amides is 1. The Kier molecular flexibility index (Phi) is 14.3. The molecule has 0 atom stereocenters. The molecule has 2 N–H and O–H groups in total. The number of allylic oxidation sites excluding steroid dienone is 7. The van der Waals surface area contributed by atoms with Gasteiger partial charge in [-0.15, -0.1) is 0 Å². The van der Waals surface area contributed by atoms with Crippen molar-refractivity contribution in [2.45, 2.75) is 161 Å². The van der Waals surface area contributed by atoms with Gasteiger partial charge in [-0.05, 0) is 100 Å². The van der Waals surface area contributed by atoms with Crippen molar-refractivity contribution in [2.75, 3.05) is 0 Å². The lowest BCUT2D eigenvalue weighted by atomic mass is 9.82. The van der Waals surface area contributed by atoms with Crippen molar-refractivity contribution >= 4 is 5.91 Å². The normalized spacial score (nSPS) is 27.6. The van der Waals surface area contributed by atoms with Crippen LogP contribution in [0.2, 0.25) is 0 Å². The zero-order valence-electron chi connectivity index (χ0n) is 23.4. The van der Waals surface area contributed by atoms with Crippen molar-refractivity contribution in [3.8, 4) is 0 Å². The van der Waals surface area contributed by atoms with Crippen LogP contribution < -0.4 is 5.73 Å². The van der Waals surface area contributed by atoms with Gasteiger partial charge in [-0.3, -0.25) is 4.79 Å². The second kappa shape index (κ2) is 17.8. The monoisotopic (exact) mass is 493 g/mol. The Morgan fingerprint density at radius 2 is 0.917 bits per heavy atom. The van der Waals surface area contributed by atoms with E-state index >= 15 is 0 Å². The van der Waals surface area contributed by atoms with Crippen molar-refractivity contribution in [1.29, 1.82) is 0 Å². The fourth-order valence-corrected chi connectivity index (χ4v) is 6.44. The summed E-state index contributed by atoms with van der Waals surface area (Å²) in [6, 6.07) is 0. The highest BCUT2D eigenvalue weighted by Crippen LogP contribution is 2.36. The first-order valence-corrected chi connectivity index (χ1v) is 15.9. The Balaban J connectivity index is 2.01. The number of rotatable bonds is 5. The van der Waals surface area contributed by atoms with Crippen LogP contribution in [-0.2, 0) is 4.79 Å². The van der Waals surface area contributed by atoms with Crippen LogP contribution in [0.15, 0.2) is 46.1 Å². The highest BCUT2D eigenvalue weighted by molar-refractivity contribution is 5.95. The SMILES string of the molecule is NC(=O)C(C/C1=C\CCCCCCCC1)=C(/C1=C\CCCCCCCC1)/C1=C/CCCCCCCC1. The molecule has 0 aliphatic heterocycles. The Labute approximate surface area is 223 Å². The molecule has 0 saturated carbocycles. The molecule has 0 saturated heterocycles. The van der Waals surface area contributed by atoms with E-state index in [-0.39, 0.29) is 5.91 Å². The van der Waals surface area contributed by atoms with Crippen LogP contribution in [0.25, 0.3) is 0 Å². The number of nitrogens with two attached hydrogens (primary N) is 1. The average molecular weight is 494 g/mol. The Morgan fingerprint density at radius 3 is 1.39 bits per heavy atom. The first kappa shape index (κ1) is 29.0. The van der Waals surface area contributed by atoms with E-state index in [1.54, 1.807) is 0 Å². The maximum Gasteiger partial charge on any atom is 0.245 e. The Hall–Kier alpha value is -1.57. The summed E-state index contributed by atoms with van der Waals surface area (Å²) in [5.41, 5.74) is 12.8. The molecular weight excluding hydrogens is 438 g/mol. The summed E-state index contributed by atoms with van der Waals surface area (Å²) >= 11 is 0. The van der Waals surface area contributed by atoms with Gasteiger partial charge in [0.15, 0.2) is 0 Å². The van der Waals surface area contributed by atoms with Gasteiger partial charge in [-0.1, -0.05) is 101 Å². The minimum Gasteiger partial charge on any atom is -0.366 e. The van der Waals surface area contributed by atoms with E-state index in [1.807, 2.05) is 0 Å². The smallest absolute Gasteiger partial charge is 0.245 e. The summed E-state index contributed by atoms with van der Waals surface area (Å²) in [4.78, 5) is 13.2. The molecule has 0 radical (unpaired) electrons. The van der Waals surface area contributed by atoms with Gasteiger partial charge in [-0.25, -0.2) is 0 Å². The lowest BCUT2D eigenvalue weighted by molar-refractivity contribution is -0.114. The fraction of sp³-hybridized carbons (Fsp3) is 0.735. The van der Waals surface area contributed by atoms with Gasteiger partial charge in [0.25, 0.3) is 0 Å². The summed E-state index contributed by atoms with van der Waals surface area (Å²) < 4.78 is 0. The zero-order valence-corrected chi connectivity index (χ0v) is 23.4. The van der Waals surface area contributed by atoms with Crippen molar-refractivity contribution < 1.29 is 4.79 Å². The summed E-state index contributed by atoms with van der Waals surface area (Å²) in [6.45, 7) is 0. The molecule has 0 bridgehead atoms. The van der Waals surface area contributed by atoms with Crippen molar-refractivity contribution in [2.24, 2.45) is 5.73 Å². The highest BCUT2D eigenvalue weighted by Gasteiger charge is 2.21. The van der Waals surface area contributed by atoms with E-state index in [4.69, 9.17) is 5.73 Å². The van der Waals surface area contributed by atoms with Crippen LogP contribution in [0.5, 0.6) is 0 Å². The highest BCUT2D eigenvalue weighted by atomic mass is 16.1. The van der Waals surface area contributed by atoms with Crippen LogP contribution in [0.4, 0.5) is 0 Å². The molecule has 0 aromatic carbocycles. The van der Waals surface area contributed by atoms with Crippen LogP contribution >= 0.6 is 0 Å². The second-order valence-electron chi connectivity index (χ2n) is 11.7. The lowest BCUT2D eigenvalue weighted by Crippen LogP contribution is -2.19. The molecule has 0 unspecified atom stereocenters. The van der Waals surface area contributed by atoms with E-state index in [2.05, 4.69) is 18.2 Å². The summed E-state index contributed by atoms with van der Waals surface area (Å²) in [5.74, 6) is -0.181. The molecular formula is C34H55NO. The third-order valence-electron chi connectivity index (χ3n) is 8.61. The number of carbonyl (C=O) groups excluding carboxylic acids is 1. The van der Waals surface area contributed by atoms with Crippen LogP contribution in [0, 0.1) is 0 Å². The summed E-state index contributed by atoms with van der Waals surface area (Å²) in [5, 5.41) is 0. The summed E-state index contributed by atoms with van der Waals surface area (Å²) in [6.07, 6.45) is 38.7. The maximum atomic E-state index is 13.2. The molecule has 2 heteroatoms. The van der Waals surface area contributed by atoms with Crippen LogP contribution in [0.1, 0.15) is 161 Å². The first-order chi connectivity index (χ1) is 17.8.